The van der Waals surface area contributed by atoms with Crippen LogP contribution in [0.2, 0.25) is 0 Å². The molecule has 4 saturated carbocycles. The topological polar surface area (TPSA) is 85.4 Å². The lowest BCUT2D eigenvalue weighted by molar-refractivity contribution is -0.165. The molecule has 9 atom stereocenters. The fourth-order valence-electron chi connectivity index (χ4n) is 8.11. The van der Waals surface area contributed by atoms with Gasteiger partial charge < -0.3 is 19.3 Å². The molecule has 2 heterocycles. The minimum atomic E-state index is -0.906. The molecule has 6 rings (SSSR count). The van der Waals surface area contributed by atoms with E-state index in [1.807, 2.05) is 6.92 Å². The number of hydrogen-bond donors (Lipinski definition) is 1. The summed E-state index contributed by atoms with van der Waals surface area (Å²) in [5.41, 5.74) is -2.00. The Morgan fingerprint density at radius 1 is 1.42 bits per heavy atom. The highest BCUT2D eigenvalue weighted by atomic mass is 16.6. The number of rotatable bonds is 1. The van der Waals surface area contributed by atoms with Crippen molar-refractivity contribution in [3.05, 3.63) is 12.2 Å². The molecule has 140 valence electrons. The Morgan fingerprint density at radius 2 is 2.19 bits per heavy atom. The zero-order valence-corrected chi connectivity index (χ0v) is 15.1. The van der Waals surface area contributed by atoms with E-state index in [1.54, 1.807) is 0 Å². The second kappa shape index (κ2) is 4.04. The van der Waals surface area contributed by atoms with Gasteiger partial charge in [0.25, 0.3) is 0 Å². The molecular weight excluding hydrogens is 336 g/mol. The van der Waals surface area contributed by atoms with Crippen molar-refractivity contribution in [2.45, 2.75) is 62.4 Å². The number of ether oxygens (including phenoxy) is 3. The van der Waals surface area contributed by atoms with Crippen LogP contribution < -0.4 is 0 Å². The SMILES string of the molecule is C=C1C[C@]23C[C@@]1(O)CC[C@H]2[C@@]12C[C@@H]4O[C@@H]4[C@@](C)(C(=O)O1)[C@H]2[C@@H]3C(=O)OC. The van der Waals surface area contributed by atoms with Crippen LogP contribution in [0.5, 0.6) is 0 Å². The number of methoxy groups -OCH3 is 1. The van der Waals surface area contributed by atoms with Crippen LogP contribution in [0.1, 0.15) is 39.0 Å². The van der Waals surface area contributed by atoms with Crippen LogP contribution in [-0.4, -0.2) is 47.6 Å². The van der Waals surface area contributed by atoms with Gasteiger partial charge in [0.05, 0.1) is 24.7 Å². The van der Waals surface area contributed by atoms with E-state index >= 15 is 0 Å². The lowest BCUT2D eigenvalue weighted by Gasteiger charge is -2.45. The van der Waals surface area contributed by atoms with Gasteiger partial charge in [-0.25, -0.2) is 0 Å². The zero-order valence-electron chi connectivity index (χ0n) is 15.1. The summed E-state index contributed by atoms with van der Waals surface area (Å²) >= 11 is 0. The van der Waals surface area contributed by atoms with Gasteiger partial charge in [-0.2, -0.15) is 0 Å². The Balaban J connectivity index is 1.60. The Morgan fingerprint density at radius 3 is 2.92 bits per heavy atom. The Bertz CT molecular complexity index is 791. The van der Waals surface area contributed by atoms with Gasteiger partial charge in [-0.1, -0.05) is 6.58 Å². The second-order valence-electron chi connectivity index (χ2n) is 9.72. The highest BCUT2D eigenvalue weighted by Gasteiger charge is 2.88. The first-order valence-corrected chi connectivity index (χ1v) is 9.60. The molecule has 2 saturated heterocycles. The number of carbonyl (C=O) groups excluding carboxylic acids is 2. The van der Waals surface area contributed by atoms with Crippen LogP contribution in [0.15, 0.2) is 12.2 Å². The second-order valence-corrected chi connectivity index (χ2v) is 9.72. The van der Waals surface area contributed by atoms with Gasteiger partial charge in [0.2, 0.25) is 0 Å². The maximum Gasteiger partial charge on any atom is 0.315 e. The number of epoxide rings is 1. The van der Waals surface area contributed by atoms with Gasteiger partial charge >= 0.3 is 11.9 Å². The van der Waals surface area contributed by atoms with Crippen LogP contribution in [-0.2, 0) is 23.8 Å². The number of carbonyl (C=O) groups is 2. The van der Waals surface area contributed by atoms with Crippen LogP contribution >= 0.6 is 0 Å². The molecule has 6 aliphatic rings. The number of esters is 2. The molecule has 6 heteroatoms. The molecule has 6 nitrogen and oxygen atoms in total. The molecular formula is C20H24O6. The average molecular weight is 360 g/mol. The van der Waals surface area contributed by atoms with E-state index in [4.69, 9.17) is 14.2 Å². The van der Waals surface area contributed by atoms with E-state index in [2.05, 4.69) is 6.58 Å². The van der Waals surface area contributed by atoms with E-state index in [0.29, 0.717) is 25.7 Å². The Hall–Kier alpha value is -1.40. The van der Waals surface area contributed by atoms with Crippen molar-refractivity contribution < 1.29 is 28.9 Å². The van der Waals surface area contributed by atoms with Gasteiger partial charge in [0.1, 0.15) is 17.1 Å². The van der Waals surface area contributed by atoms with E-state index in [0.717, 1.165) is 12.0 Å². The first-order chi connectivity index (χ1) is 12.2. The molecule has 1 spiro atoms. The normalized spacial score (nSPS) is 60.8. The lowest BCUT2D eigenvalue weighted by Crippen LogP contribution is -2.50. The van der Waals surface area contributed by atoms with Crippen molar-refractivity contribution in [1.82, 2.24) is 0 Å². The summed E-state index contributed by atoms with van der Waals surface area (Å²) in [5.74, 6) is -1.19. The minimum Gasteiger partial charge on any atom is -0.469 e. The van der Waals surface area contributed by atoms with E-state index in [-0.39, 0.29) is 36.0 Å². The molecule has 2 aliphatic heterocycles. The number of hydrogen-bond acceptors (Lipinski definition) is 6. The summed E-state index contributed by atoms with van der Waals surface area (Å²) in [5, 5.41) is 11.1. The monoisotopic (exact) mass is 360 g/mol. The van der Waals surface area contributed by atoms with Gasteiger partial charge in [0.15, 0.2) is 0 Å². The molecule has 6 fully saturated rings. The highest BCUT2D eigenvalue weighted by Crippen LogP contribution is 2.80. The van der Waals surface area contributed by atoms with E-state index in [1.165, 1.54) is 7.11 Å². The molecule has 0 aromatic carbocycles. The Labute approximate surface area is 151 Å². The predicted octanol–water partition coefficient (Wildman–Crippen LogP) is 1.36. The summed E-state index contributed by atoms with van der Waals surface area (Å²) in [4.78, 5) is 26.0. The van der Waals surface area contributed by atoms with Crippen LogP contribution in [0, 0.1) is 28.6 Å². The molecule has 0 radical (unpaired) electrons. The van der Waals surface area contributed by atoms with Crippen LogP contribution in [0.25, 0.3) is 0 Å². The molecule has 4 aliphatic carbocycles. The summed E-state index contributed by atoms with van der Waals surface area (Å²) in [7, 11) is 1.41. The maximum atomic E-state index is 13.1. The molecule has 0 amide bonds. The molecule has 0 aromatic rings. The van der Waals surface area contributed by atoms with Crippen molar-refractivity contribution in [2.75, 3.05) is 7.11 Å². The molecule has 0 aromatic heterocycles. The predicted molar refractivity (Wildman–Crippen MR) is 87.7 cm³/mol. The number of aliphatic hydroxyl groups is 1. The Kier molecular flexibility index (Phi) is 2.43. The molecule has 4 bridgehead atoms. The highest BCUT2D eigenvalue weighted by molar-refractivity contribution is 5.86. The molecule has 26 heavy (non-hydrogen) atoms. The average Bonchev–Trinajstić information content (AvgIpc) is 3.23. The molecule has 0 unspecified atom stereocenters. The smallest absolute Gasteiger partial charge is 0.315 e. The third kappa shape index (κ3) is 1.31. The summed E-state index contributed by atoms with van der Waals surface area (Å²) in [6, 6.07) is 0. The van der Waals surface area contributed by atoms with Gasteiger partial charge in [-0.3, -0.25) is 9.59 Å². The van der Waals surface area contributed by atoms with Crippen LogP contribution in [0.3, 0.4) is 0 Å². The summed E-state index contributed by atoms with van der Waals surface area (Å²) in [6.45, 7) is 6.05. The van der Waals surface area contributed by atoms with Crippen molar-refractivity contribution in [3.8, 4) is 0 Å². The fourth-order valence-corrected chi connectivity index (χ4v) is 8.11. The van der Waals surface area contributed by atoms with Gasteiger partial charge in [-0.05, 0) is 43.6 Å². The van der Waals surface area contributed by atoms with Crippen molar-refractivity contribution in [1.29, 1.82) is 0 Å². The van der Waals surface area contributed by atoms with Crippen molar-refractivity contribution in [2.24, 2.45) is 28.6 Å². The van der Waals surface area contributed by atoms with E-state index < -0.39 is 27.9 Å². The molecule has 1 N–H and O–H groups in total. The zero-order chi connectivity index (χ0) is 18.3. The fraction of sp³-hybridized carbons (Fsp3) is 0.800. The first-order valence-electron chi connectivity index (χ1n) is 9.60. The standard InChI is InChI=1S/C20H24O6/c1-9-6-18-8-19(9,23)5-4-11(18)20-7-10-14(25-10)17(2,16(22)26-20)13(20)12(18)15(21)24-3/h10-14,23H,1,4-8H2,2-3H3/t10-,11+,12+,13+,14-,17-,18-,19-,20+/m0/s1. The van der Waals surface area contributed by atoms with Crippen molar-refractivity contribution in [3.63, 3.8) is 0 Å². The maximum absolute atomic E-state index is 13.1. The van der Waals surface area contributed by atoms with Gasteiger partial charge in [-0.15, -0.1) is 0 Å². The lowest BCUT2D eigenvalue weighted by atomic mass is 9.60. The minimum absolute atomic E-state index is 0.0412. The van der Waals surface area contributed by atoms with Crippen LogP contribution in [0.4, 0.5) is 0 Å². The van der Waals surface area contributed by atoms with E-state index in [9.17, 15) is 14.7 Å². The van der Waals surface area contributed by atoms with Gasteiger partial charge in [0, 0.05) is 18.3 Å². The largest absolute Gasteiger partial charge is 0.469 e. The van der Waals surface area contributed by atoms with Crippen molar-refractivity contribution >= 4 is 11.9 Å². The summed E-state index contributed by atoms with van der Waals surface area (Å²) < 4.78 is 17.3. The summed E-state index contributed by atoms with van der Waals surface area (Å²) in [6.07, 6.45) is 3.02. The third-order valence-corrected chi connectivity index (χ3v) is 8.95. The third-order valence-electron chi connectivity index (χ3n) is 8.95. The quantitative estimate of drug-likeness (QED) is 0.432. The first kappa shape index (κ1) is 15.6. The number of fused-ring (bicyclic) bond motifs is 3.